The number of hydrogen-bond acceptors (Lipinski definition) is 3. The number of carbonyl (C=O) groups is 1. The van der Waals surface area contributed by atoms with Crippen molar-refractivity contribution in [2.75, 3.05) is 6.54 Å². The molecule has 0 radical (unpaired) electrons. The molecule has 1 unspecified atom stereocenters. The molecule has 0 aliphatic heterocycles. The van der Waals surface area contributed by atoms with Crippen LogP contribution in [0.25, 0.3) is 0 Å². The summed E-state index contributed by atoms with van der Waals surface area (Å²) in [5.41, 5.74) is 3.77. The van der Waals surface area contributed by atoms with Crippen LogP contribution in [-0.4, -0.2) is 27.2 Å². The number of aliphatic carboxylic acids is 1. The number of benzene rings is 3. The Balaban J connectivity index is 1.52. The van der Waals surface area contributed by atoms with E-state index in [4.69, 9.17) is 0 Å². The zero-order valence-electron chi connectivity index (χ0n) is 21.6. The van der Waals surface area contributed by atoms with Crippen molar-refractivity contribution in [2.24, 2.45) is 5.92 Å². The van der Waals surface area contributed by atoms with E-state index >= 15 is 0 Å². The summed E-state index contributed by atoms with van der Waals surface area (Å²) < 4.78 is 2.06. The van der Waals surface area contributed by atoms with Crippen LogP contribution in [0.1, 0.15) is 55.0 Å². The molecule has 0 saturated heterocycles. The van der Waals surface area contributed by atoms with E-state index in [1.807, 2.05) is 30.7 Å². The van der Waals surface area contributed by atoms with E-state index in [0.29, 0.717) is 19.4 Å². The zero-order chi connectivity index (χ0) is 25.9. The summed E-state index contributed by atoms with van der Waals surface area (Å²) in [4.78, 5) is 16.5. The predicted molar refractivity (Wildman–Crippen MR) is 148 cm³/mol. The average molecular weight is 496 g/mol. The van der Waals surface area contributed by atoms with Gasteiger partial charge in [0.1, 0.15) is 0 Å². The number of carboxylic acid groups (broad SMARTS) is 1. The second-order valence-electron chi connectivity index (χ2n) is 9.61. The minimum absolute atomic E-state index is 0.454. The molecule has 1 atom stereocenters. The molecule has 0 saturated carbocycles. The molecule has 0 fully saturated rings. The summed E-state index contributed by atoms with van der Waals surface area (Å²) in [6.07, 6.45) is 7.80. The molecule has 0 aliphatic rings. The number of aromatic nitrogens is 2. The minimum Gasteiger partial charge on any atom is -0.481 e. The van der Waals surface area contributed by atoms with Crippen molar-refractivity contribution in [3.8, 4) is 0 Å². The standard InChI is InChI=1S/C32H37N3O2/c1-2-3-22-35-24-30(33-25-35)23-26(31(36)37)14-13-21-34-32(27-15-7-4-8-16-27,28-17-9-5-10-18-28)29-19-11-6-12-20-29/h4-12,15-20,24-26,34H,2-3,13-14,21-23H2,1H3,(H,36,37). The number of imidazole rings is 1. The smallest absolute Gasteiger partial charge is 0.306 e. The van der Waals surface area contributed by atoms with Crippen LogP contribution in [-0.2, 0) is 23.3 Å². The molecule has 0 bridgehead atoms. The van der Waals surface area contributed by atoms with Crippen molar-refractivity contribution in [1.82, 2.24) is 14.9 Å². The molecule has 2 N–H and O–H groups in total. The number of unbranched alkanes of at least 4 members (excludes halogenated alkanes) is 1. The maximum Gasteiger partial charge on any atom is 0.306 e. The van der Waals surface area contributed by atoms with Crippen LogP contribution in [0.15, 0.2) is 104 Å². The first-order valence-electron chi connectivity index (χ1n) is 13.3. The third-order valence-electron chi connectivity index (χ3n) is 7.00. The Bertz CT molecular complexity index is 1130. The molecular weight excluding hydrogens is 458 g/mol. The fourth-order valence-electron chi connectivity index (χ4n) is 5.04. The molecular formula is C32H37N3O2. The van der Waals surface area contributed by atoms with Crippen molar-refractivity contribution in [3.05, 3.63) is 126 Å². The van der Waals surface area contributed by atoms with Crippen molar-refractivity contribution in [1.29, 1.82) is 0 Å². The minimum atomic E-state index is -0.761. The molecule has 4 rings (SSSR count). The van der Waals surface area contributed by atoms with Gasteiger partial charge in [-0.1, -0.05) is 104 Å². The van der Waals surface area contributed by atoms with Gasteiger partial charge < -0.3 is 9.67 Å². The topological polar surface area (TPSA) is 67.2 Å². The van der Waals surface area contributed by atoms with Gasteiger partial charge in [-0.15, -0.1) is 0 Å². The summed E-state index contributed by atoms with van der Waals surface area (Å²) in [6.45, 7) is 3.76. The van der Waals surface area contributed by atoms with Gasteiger partial charge in [0, 0.05) is 19.2 Å². The zero-order valence-corrected chi connectivity index (χ0v) is 21.6. The van der Waals surface area contributed by atoms with Gasteiger partial charge >= 0.3 is 5.97 Å². The van der Waals surface area contributed by atoms with E-state index < -0.39 is 17.4 Å². The molecule has 3 aromatic carbocycles. The molecule has 0 aliphatic carbocycles. The Morgan fingerprint density at radius 3 is 1.92 bits per heavy atom. The number of nitrogens with one attached hydrogen (secondary N) is 1. The van der Waals surface area contributed by atoms with Crippen molar-refractivity contribution >= 4 is 5.97 Å². The highest BCUT2D eigenvalue weighted by Crippen LogP contribution is 2.36. The Morgan fingerprint density at radius 2 is 1.43 bits per heavy atom. The van der Waals surface area contributed by atoms with Gasteiger partial charge in [0.05, 0.1) is 23.5 Å². The first-order chi connectivity index (χ1) is 18.1. The second-order valence-corrected chi connectivity index (χ2v) is 9.61. The van der Waals surface area contributed by atoms with Gasteiger partial charge in [0.25, 0.3) is 0 Å². The SMILES string of the molecule is CCCCn1cnc(CC(CCCNC(c2ccccc2)(c2ccccc2)c2ccccc2)C(=O)O)c1. The van der Waals surface area contributed by atoms with Gasteiger partial charge in [0.15, 0.2) is 0 Å². The number of rotatable bonds is 14. The molecule has 1 aromatic heterocycles. The number of carboxylic acids is 1. The lowest BCUT2D eigenvalue weighted by Crippen LogP contribution is -2.45. The van der Waals surface area contributed by atoms with Crippen LogP contribution in [0.2, 0.25) is 0 Å². The van der Waals surface area contributed by atoms with E-state index in [1.54, 1.807) is 0 Å². The van der Waals surface area contributed by atoms with Crippen LogP contribution < -0.4 is 5.32 Å². The summed E-state index contributed by atoms with van der Waals surface area (Å²) in [7, 11) is 0. The number of hydrogen-bond donors (Lipinski definition) is 2. The highest BCUT2D eigenvalue weighted by molar-refractivity contribution is 5.70. The Kier molecular flexibility index (Phi) is 9.28. The number of aryl methyl sites for hydroxylation is 1. The van der Waals surface area contributed by atoms with Gasteiger partial charge in [-0.3, -0.25) is 10.1 Å². The van der Waals surface area contributed by atoms with Crippen LogP contribution in [0.4, 0.5) is 0 Å². The van der Waals surface area contributed by atoms with Gasteiger partial charge in [-0.05, 0) is 42.5 Å². The van der Waals surface area contributed by atoms with Crippen LogP contribution in [0.5, 0.6) is 0 Å². The lowest BCUT2D eigenvalue weighted by Gasteiger charge is -2.37. The number of nitrogens with zero attached hydrogens (tertiary/aromatic N) is 2. The summed E-state index contributed by atoms with van der Waals surface area (Å²) >= 11 is 0. The maximum absolute atomic E-state index is 12.1. The van der Waals surface area contributed by atoms with Crippen molar-refractivity contribution < 1.29 is 9.90 Å². The van der Waals surface area contributed by atoms with Crippen LogP contribution >= 0.6 is 0 Å². The molecule has 1 heterocycles. The Hall–Kier alpha value is -3.70. The maximum atomic E-state index is 12.1. The fraction of sp³-hybridized carbons (Fsp3) is 0.312. The molecule has 5 heteroatoms. The Morgan fingerprint density at radius 1 is 0.892 bits per heavy atom. The third-order valence-corrected chi connectivity index (χ3v) is 7.00. The fourth-order valence-corrected chi connectivity index (χ4v) is 5.04. The lowest BCUT2D eigenvalue weighted by molar-refractivity contribution is -0.142. The van der Waals surface area contributed by atoms with E-state index in [1.165, 1.54) is 0 Å². The van der Waals surface area contributed by atoms with Gasteiger partial charge in [-0.25, -0.2) is 4.98 Å². The highest BCUT2D eigenvalue weighted by Gasteiger charge is 2.35. The van der Waals surface area contributed by atoms with Crippen LogP contribution in [0, 0.1) is 5.92 Å². The molecule has 5 nitrogen and oxygen atoms in total. The summed E-state index contributed by atoms with van der Waals surface area (Å²) in [6, 6.07) is 31.4. The molecule has 0 spiro atoms. The summed E-state index contributed by atoms with van der Waals surface area (Å²) in [5, 5.41) is 13.8. The third kappa shape index (κ3) is 6.55. The predicted octanol–water partition coefficient (Wildman–Crippen LogP) is 6.29. The van der Waals surface area contributed by atoms with E-state index in [2.05, 4.69) is 94.6 Å². The molecule has 192 valence electrons. The van der Waals surface area contributed by atoms with Gasteiger partial charge in [0.2, 0.25) is 0 Å². The molecule has 0 amide bonds. The van der Waals surface area contributed by atoms with E-state index in [0.717, 1.165) is 48.2 Å². The monoisotopic (exact) mass is 495 g/mol. The quantitative estimate of drug-likeness (QED) is 0.159. The van der Waals surface area contributed by atoms with Gasteiger partial charge in [-0.2, -0.15) is 0 Å². The normalized spacial score (nSPS) is 12.4. The van der Waals surface area contributed by atoms with E-state index in [9.17, 15) is 9.90 Å². The molecule has 37 heavy (non-hydrogen) atoms. The first-order valence-corrected chi connectivity index (χ1v) is 13.3. The van der Waals surface area contributed by atoms with Crippen molar-refractivity contribution in [2.45, 2.75) is 51.1 Å². The second kappa shape index (κ2) is 13.0. The average Bonchev–Trinajstić information content (AvgIpc) is 3.40. The Labute approximate surface area is 220 Å². The van der Waals surface area contributed by atoms with E-state index in [-0.39, 0.29) is 0 Å². The highest BCUT2D eigenvalue weighted by atomic mass is 16.4. The van der Waals surface area contributed by atoms with Crippen molar-refractivity contribution in [3.63, 3.8) is 0 Å². The van der Waals surface area contributed by atoms with Crippen LogP contribution in [0.3, 0.4) is 0 Å². The largest absolute Gasteiger partial charge is 0.481 e. The first kappa shape index (κ1) is 26.4. The molecule has 4 aromatic rings. The lowest BCUT2D eigenvalue weighted by atomic mass is 9.77. The summed E-state index contributed by atoms with van der Waals surface area (Å²) in [5.74, 6) is -1.22.